The molecule has 1 unspecified atom stereocenters. The van der Waals surface area contributed by atoms with E-state index < -0.39 is 16.3 Å². The largest absolute Gasteiger partial charge is 0.491 e. The lowest BCUT2D eigenvalue weighted by molar-refractivity contribution is -0.0477. The van der Waals surface area contributed by atoms with Crippen LogP contribution in [0.25, 0.3) is 11.0 Å². The van der Waals surface area contributed by atoms with Crippen LogP contribution in [0.15, 0.2) is 53.7 Å². The molecular weight excluding hydrogens is 494 g/mol. The molecule has 194 valence electrons. The van der Waals surface area contributed by atoms with Crippen LogP contribution in [0.3, 0.4) is 0 Å². The number of aliphatic hydroxyl groups excluding tert-OH is 1. The molecule has 5 rings (SSSR count). The van der Waals surface area contributed by atoms with Crippen LogP contribution in [0, 0.1) is 13.8 Å². The van der Waals surface area contributed by atoms with Crippen molar-refractivity contribution in [3.05, 3.63) is 76.6 Å². The number of hydrogen-bond acceptors (Lipinski definition) is 8. The highest BCUT2D eigenvalue weighted by molar-refractivity contribution is 7.89. The van der Waals surface area contributed by atoms with Crippen LogP contribution in [0.5, 0.6) is 5.75 Å². The van der Waals surface area contributed by atoms with Crippen molar-refractivity contribution in [2.75, 3.05) is 13.2 Å². The van der Waals surface area contributed by atoms with Crippen molar-refractivity contribution in [3.63, 3.8) is 0 Å². The van der Waals surface area contributed by atoms with Crippen LogP contribution < -0.4 is 4.74 Å². The topological polar surface area (TPSA) is 131 Å². The highest BCUT2D eigenvalue weighted by atomic mass is 32.2. The SMILES string of the molecule is Cc1ccc(C(CC(O)O)c2ccc3c(nnn3C)c2C)cc1CN1CCOc2ccncc2S1(=O)=O. The van der Waals surface area contributed by atoms with Gasteiger partial charge < -0.3 is 14.9 Å². The smallest absolute Gasteiger partial charge is 0.248 e. The van der Waals surface area contributed by atoms with Gasteiger partial charge in [-0.25, -0.2) is 13.1 Å². The van der Waals surface area contributed by atoms with Crippen LogP contribution in [-0.4, -0.2) is 62.4 Å². The zero-order chi connectivity index (χ0) is 26.3. The van der Waals surface area contributed by atoms with Gasteiger partial charge >= 0.3 is 0 Å². The van der Waals surface area contributed by atoms with Gasteiger partial charge in [0.05, 0.1) is 11.7 Å². The van der Waals surface area contributed by atoms with Gasteiger partial charge in [0.2, 0.25) is 10.0 Å². The van der Waals surface area contributed by atoms with Gasteiger partial charge in [0, 0.05) is 38.7 Å². The zero-order valence-corrected chi connectivity index (χ0v) is 21.7. The minimum absolute atomic E-state index is 0.0514. The maximum absolute atomic E-state index is 13.4. The third-order valence-electron chi connectivity index (χ3n) is 6.99. The molecule has 0 bridgehead atoms. The summed E-state index contributed by atoms with van der Waals surface area (Å²) in [5.74, 6) is -0.0467. The number of aliphatic hydroxyl groups is 2. The zero-order valence-electron chi connectivity index (χ0n) is 20.9. The van der Waals surface area contributed by atoms with Crippen LogP contribution in [-0.2, 0) is 23.6 Å². The Labute approximate surface area is 215 Å². The Balaban J connectivity index is 1.54. The van der Waals surface area contributed by atoms with Gasteiger partial charge in [0.15, 0.2) is 6.29 Å². The fourth-order valence-corrected chi connectivity index (χ4v) is 6.39. The van der Waals surface area contributed by atoms with E-state index in [1.165, 1.54) is 16.7 Å². The van der Waals surface area contributed by atoms with E-state index in [2.05, 4.69) is 15.3 Å². The highest BCUT2D eigenvalue weighted by Gasteiger charge is 2.31. The first-order chi connectivity index (χ1) is 17.7. The summed E-state index contributed by atoms with van der Waals surface area (Å²) in [6.45, 7) is 4.46. The molecule has 0 saturated carbocycles. The van der Waals surface area contributed by atoms with Gasteiger partial charge in [-0.2, -0.15) is 4.31 Å². The van der Waals surface area contributed by atoms with E-state index in [-0.39, 0.29) is 36.9 Å². The number of fused-ring (bicyclic) bond motifs is 2. The molecule has 0 spiro atoms. The maximum Gasteiger partial charge on any atom is 0.248 e. The lowest BCUT2D eigenvalue weighted by Crippen LogP contribution is -2.32. The van der Waals surface area contributed by atoms with Crippen molar-refractivity contribution in [2.45, 2.75) is 43.9 Å². The molecule has 0 fully saturated rings. The molecule has 2 N–H and O–H groups in total. The molecule has 0 radical (unpaired) electrons. The second-order valence-electron chi connectivity index (χ2n) is 9.32. The fraction of sp³-hybridized carbons (Fsp3) is 0.346. The first-order valence-corrected chi connectivity index (χ1v) is 13.4. The number of ether oxygens (including phenoxy) is 1. The quantitative estimate of drug-likeness (QED) is 0.369. The molecule has 3 heterocycles. The number of benzene rings is 2. The van der Waals surface area contributed by atoms with Crippen LogP contribution in [0.1, 0.15) is 40.2 Å². The van der Waals surface area contributed by atoms with Crippen LogP contribution in [0.4, 0.5) is 0 Å². The summed E-state index contributed by atoms with van der Waals surface area (Å²) in [4.78, 5) is 4.03. The van der Waals surface area contributed by atoms with E-state index in [0.717, 1.165) is 38.9 Å². The molecule has 1 atom stereocenters. The van der Waals surface area contributed by atoms with Crippen LogP contribution in [0.2, 0.25) is 0 Å². The third kappa shape index (κ3) is 4.71. The predicted octanol–water partition coefficient (Wildman–Crippen LogP) is 2.40. The number of sulfonamides is 1. The molecule has 37 heavy (non-hydrogen) atoms. The second kappa shape index (κ2) is 9.82. The van der Waals surface area contributed by atoms with Gasteiger partial charge in [0.25, 0.3) is 0 Å². The van der Waals surface area contributed by atoms with E-state index >= 15 is 0 Å². The maximum atomic E-state index is 13.4. The summed E-state index contributed by atoms with van der Waals surface area (Å²) in [5, 5.41) is 28.3. The Morgan fingerprint density at radius 1 is 1.14 bits per heavy atom. The number of hydrogen-bond donors (Lipinski definition) is 2. The monoisotopic (exact) mass is 523 g/mol. The molecule has 0 amide bonds. The van der Waals surface area contributed by atoms with Gasteiger partial charge in [-0.05, 0) is 53.8 Å². The third-order valence-corrected chi connectivity index (χ3v) is 8.84. The van der Waals surface area contributed by atoms with Crippen molar-refractivity contribution in [3.8, 4) is 5.75 Å². The number of rotatable bonds is 6. The van der Waals surface area contributed by atoms with Crippen LogP contribution >= 0.6 is 0 Å². The number of aromatic nitrogens is 4. The molecule has 10 nitrogen and oxygen atoms in total. The summed E-state index contributed by atoms with van der Waals surface area (Å²) in [6, 6.07) is 11.3. The lowest BCUT2D eigenvalue weighted by Gasteiger charge is -2.24. The normalized spacial score (nSPS) is 16.4. The van der Waals surface area contributed by atoms with Crippen molar-refractivity contribution in [1.82, 2.24) is 24.3 Å². The minimum atomic E-state index is -3.82. The molecule has 2 aromatic carbocycles. The summed E-state index contributed by atoms with van der Waals surface area (Å²) in [5.41, 5.74) is 6.07. The Bertz CT molecular complexity index is 1570. The van der Waals surface area contributed by atoms with E-state index in [1.54, 1.807) is 10.7 Å². The van der Waals surface area contributed by atoms with E-state index in [9.17, 15) is 18.6 Å². The summed E-state index contributed by atoms with van der Waals surface area (Å²) in [6.07, 6.45) is 1.37. The van der Waals surface area contributed by atoms with Crippen molar-refractivity contribution < 1.29 is 23.4 Å². The standard InChI is InChI=1S/C26H29N5O5S/c1-16-4-5-18(21(13-25(32)33)20-6-7-22-26(17(20)2)28-29-30(22)3)12-19(16)15-31-10-11-36-23-8-9-27-14-24(23)37(31,34)35/h4-9,12,14,21,25,32-33H,10-11,13,15H2,1-3H3. The summed E-state index contributed by atoms with van der Waals surface area (Å²) < 4.78 is 35.6. The van der Waals surface area contributed by atoms with E-state index in [4.69, 9.17) is 4.74 Å². The number of nitrogens with zero attached hydrogens (tertiary/aromatic N) is 5. The Morgan fingerprint density at radius 2 is 1.95 bits per heavy atom. The molecule has 2 aromatic heterocycles. The lowest BCUT2D eigenvalue weighted by atomic mass is 9.84. The second-order valence-corrected chi connectivity index (χ2v) is 11.2. The van der Waals surface area contributed by atoms with Gasteiger partial charge in [0.1, 0.15) is 22.8 Å². The molecule has 0 aliphatic carbocycles. The Morgan fingerprint density at radius 3 is 2.73 bits per heavy atom. The molecule has 4 aromatic rings. The van der Waals surface area contributed by atoms with Crippen molar-refractivity contribution in [2.24, 2.45) is 7.05 Å². The molecule has 11 heteroatoms. The first-order valence-electron chi connectivity index (χ1n) is 12.0. The minimum Gasteiger partial charge on any atom is -0.491 e. The van der Waals surface area contributed by atoms with E-state index in [0.29, 0.717) is 5.75 Å². The Kier molecular flexibility index (Phi) is 6.71. The summed E-state index contributed by atoms with van der Waals surface area (Å²) in [7, 11) is -1.99. The number of pyridine rings is 1. The summed E-state index contributed by atoms with van der Waals surface area (Å²) >= 11 is 0. The predicted molar refractivity (Wildman–Crippen MR) is 136 cm³/mol. The Hall–Kier alpha value is -3.38. The van der Waals surface area contributed by atoms with Crippen molar-refractivity contribution in [1.29, 1.82) is 0 Å². The average molecular weight is 524 g/mol. The number of aryl methyl sites for hydroxylation is 3. The molecule has 0 saturated heterocycles. The molecular formula is C26H29N5O5S. The van der Waals surface area contributed by atoms with Crippen molar-refractivity contribution >= 4 is 21.1 Å². The first kappa shape index (κ1) is 25.3. The van der Waals surface area contributed by atoms with Gasteiger partial charge in [-0.3, -0.25) is 4.98 Å². The van der Waals surface area contributed by atoms with Gasteiger partial charge in [-0.1, -0.05) is 29.5 Å². The highest BCUT2D eigenvalue weighted by Crippen LogP contribution is 2.36. The molecule has 1 aliphatic rings. The van der Waals surface area contributed by atoms with Gasteiger partial charge in [-0.15, -0.1) is 5.10 Å². The molecule has 1 aliphatic heterocycles. The van der Waals surface area contributed by atoms with E-state index in [1.807, 2.05) is 51.2 Å². The fourth-order valence-electron chi connectivity index (χ4n) is 4.91. The average Bonchev–Trinajstić information content (AvgIpc) is 3.19.